The minimum absolute atomic E-state index is 0.356. The molecule has 0 bridgehead atoms. The molecule has 0 saturated heterocycles. The third-order valence-electron chi connectivity index (χ3n) is 4.63. The van der Waals surface area contributed by atoms with Gasteiger partial charge >= 0.3 is 0 Å². The lowest BCUT2D eigenvalue weighted by molar-refractivity contribution is 0.445. The van der Waals surface area contributed by atoms with Gasteiger partial charge in [0.2, 0.25) is 10.0 Å². The average molecular weight is 361 g/mol. The molecule has 0 unspecified atom stereocenters. The molecule has 0 radical (unpaired) electrons. The van der Waals surface area contributed by atoms with E-state index in [9.17, 15) is 8.42 Å². The number of benzene rings is 2. The molecular weight excluding hydrogens is 332 g/mol. The van der Waals surface area contributed by atoms with Crippen LogP contribution in [0.4, 0.5) is 0 Å². The maximum Gasteiger partial charge on any atom is 0.243 e. The van der Waals surface area contributed by atoms with Crippen LogP contribution < -0.4 is 5.32 Å². The average Bonchev–Trinajstić information content (AvgIpc) is 2.60. The molecule has 0 spiro atoms. The van der Waals surface area contributed by atoms with Gasteiger partial charge in [-0.05, 0) is 48.2 Å². The SMILES string of the molecule is CCN(CC)S(=O)(=O)c1ccc(CNCc2cccc(C)c2C)cc1. The van der Waals surface area contributed by atoms with Crippen molar-refractivity contribution in [1.29, 1.82) is 0 Å². The van der Waals surface area contributed by atoms with Gasteiger partial charge in [-0.3, -0.25) is 0 Å². The van der Waals surface area contributed by atoms with Crippen LogP contribution in [0.1, 0.15) is 36.1 Å². The maximum absolute atomic E-state index is 12.5. The summed E-state index contributed by atoms with van der Waals surface area (Å²) in [6.07, 6.45) is 0. The Morgan fingerprint density at radius 2 is 1.56 bits per heavy atom. The minimum Gasteiger partial charge on any atom is -0.309 e. The van der Waals surface area contributed by atoms with Crippen molar-refractivity contribution in [2.75, 3.05) is 13.1 Å². The van der Waals surface area contributed by atoms with E-state index >= 15 is 0 Å². The fourth-order valence-electron chi connectivity index (χ4n) is 2.84. The lowest BCUT2D eigenvalue weighted by Crippen LogP contribution is -2.30. The standard InChI is InChI=1S/C20H28N2O2S/c1-5-22(6-2)25(23,24)20-12-10-18(11-13-20)14-21-15-19-9-7-8-16(3)17(19)4/h7-13,21H,5-6,14-15H2,1-4H3. The Kier molecular flexibility index (Phi) is 6.76. The van der Waals surface area contributed by atoms with E-state index in [1.165, 1.54) is 21.0 Å². The molecule has 0 saturated carbocycles. The second-order valence-corrected chi connectivity index (χ2v) is 8.13. The molecule has 0 aliphatic rings. The molecule has 2 rings (SSSR count). The smallest absolute Gasteiger partial charge is 0.243 e. The van der Waals surface area contributed by atoms with Crippen molar-refractivity contribution in [3.05, 3.63) is 64.7 Å². The van der Waals surface area contributed by atoms with Crippen LogP contribution in [0.25, 0.3) is 0 Å². The van der Waals surface area contributed by atoms with Crippen molar-refractivity contribution in [2.24, 2.45) is 0 Å². The van der Waals surface area contributed by atoms with Gasteiger partial charge in [0, 0.05) is 26.2 Å². The van der Waals surface area contributed by atoms with Crippen molar-refractivity contribution in [3.8, 4) is 0 Å². The first-order valence-electron chi connectivity index (χ1n) is 8.75. The molecule has 0 fully saturated rings. The number of nitrogens with one attached hydrogen (secondary N) is 1. The van der Waals surface area contributed by atoms with Crippen LogP contribution in [0.3, 0.4) is 0 Å². The van der Waals surface area contributed by atoms with Crippen LogP contribution in [-0.4, -0.2) is 25.8 Å². The van der Waals surface area contributed by atoms with E-state index in [1.807, 2.05) is 26.0 Å². The maximum atomic E-state index is 12.5. The van der Waals surface area contributed by atoms with E-state index in [-0.39, 0.29) is 0 Å². The van der Waals surface area contributed by atoms with Crippen LogP contribution in [-0.2, 0) is 23.1 Å². The zero-order chi connectivity index (χ0) is 18.4. The zero-order valence-corrected chi connectivity index (χ0v) is 16.4. The highest BCUT2D eigenvalue weighted by molar-refractivity contribution is 7.89. The summed E-state index contributed by atoms with van der Waals surface area (Å²) in [5, 5.41) is 3.43. The number of aryl methyl sites for hydroxylation is 1. The summed E-state index contributed by atoms with van der Waals surface area (Å²) in [5.74, 6) is 0. The van der Waals surface area contributed by atoms with E-state index in [4.69, 9.17) is 0 Å². The van der Waals surface area contributed by atoms with E-state index in [1.54, 1.807) is 12.1 Å². The van der Waals surface area contributed by atoms with E-state index in [0.717, 1.165) is 12.1 Å². The molecule has 0 aliphatic carbocycles. The zero-order valence-electron chi connectivity index (χ0n) is 15.5. The Morgan fingerprint density at radius 1 is 0.920 bits per heavy atom. The minimum atomic E-state index is -3.38. The predicted octanol–water partition coefficient (Wildman–Crippen LogP) is 3.62. The fraction of sp³-hybridized carbons (Fsp3) is 0.400. The molecule has 25 heavy (non-hydrogen) atoms. The van der Waals surface area contributed by atoms with Crippen LogP contribution >= 0.6 is 0 Å². The predicted molar refractivity (Wildman–Crippen MR) is 103 cm³/mol. The van der Waals surface area contributed by atoms with Gasteiger partial charge in [0.15, 0.2) is 0 Å². The highest BCUT2D eigenvalue weighted by Crippen LogP contribution is 2.16. The van der Waals surface area contributed by atoms with Gasteiger partial charge in [0.05, 0.1) is 4.90 Å². The summed E-state index contributed by atoms with van der Waals surface area (Å²) < 4.78 is 26.4. The molecule has 2 aromatic carbocycles. The first kappa shape index (κ1) is 19.6. The molecule has 1 N–H and O–H groups in total. The van der Waals surface area contributed by atoms with Gasteiger partial charge < -0.3 is 5.32 Å². The summed E-state index contributed by atoms with van der Waals surface area (Å²) in [7, 11) is -3.38. The topological polar surface area (TPSA) is 49.4 Å². The number of nitrogens with zero attached hydrogens (tertiary/aromatic N) is 1. The number of sulfonamides is 1. The van der Waals surface area contributed by atoms with Crippen LogP contribution in [0, 0.1) is 13.8 Å². The summed E-state index contributed by atoms with van der Waals surface area (Å²) in [6, 6.07) is 13.5. The highest BCUT2D eigenvalue weighted by atomic mass is 32.2. The van der Waals surface area contributed by atoms with Gasteiger partial charge in [-0.2, -0.15) is 4.31 Å². The molecule has 0 aromatic heterocycles. The Labute approximate surface area is 151 Å². The molecule has 0 atom stereocenters. The van der Waals surface area contributed by atoms with Crippen molar-refractivity contribution in [2.45, 2.75) is 45.7 Å². The van der Waals surface area contributed by atoms with Gasteiger partial charge in [0.1, 0.15) is 0 Å². The van der Waals surface area contributed by atoms with E-state index in [0.29, 0.717) is 24.5 Å². The summed E-state index contributed by atoms with van der Waals surface area (Å²) in [6.45, 7) is 10.4. The van der Waals surface area contributed by atoms with Gasteiger partial charge in [-0.1, -0.05) is 44.2 Å². The molecule has 5 heteroatoms. The Hall–Kier alpha value is -1.69. The van der Waals surface area contributed by atoms with E-state index < -0.39 is 10.0 Å². The molecule has 0 aliphatic heterocycles. The second-order valence-electron chi connectivity index (χ2n) is 6.20. The summed E-state index contributed by atoms with van der Waals surface area (Å²) in [5.41, 5.74) is 4.98. The number of rotatable bonds is 8. The lowest BCUT2D eigenvalue weighted by Gasteiger charge is -2.18. The van der Waals surface area contributed by atoms with Crippen LogP contribution in [0.5, 0.6) is 0 Å². The first-order valence-corrected chi connectivity index (χ1v) is 10.2. The van der Waals surface area contributed by atoms with Crippen LogP contribution in [0.2, 0.25) is 0 Å². The monoisotopic (exact) mass is 360 g/mol. The van der Waals surface area contributed by atoms with Crippen LogP contribution in [0.15, 0.2) is 47.4 Å². The Morgan fingerprint density at radius 3 is 2.16 bits per heavy atom. The first-order chi connectivity index (χ1) is 11.9. The van der Waals surface area contributed by atoms with E-state index in [2.05, 4.69) is 37.4 Å². The second kappa shape index (κ2) is 8.61. The van der Waals surface area contributed by atoms with Gasteiger partial charge in [-0.15, -0.1) is 0 Å². The highest BCUT2D eigenvalue weighted by Gasteiger charge is 2.20. The summed E-state index contributed by atoms with van der Waals surface area (Å²) in [4.78, 5) is 0.356. The molecule has 0 amide bonds. The molecular formula is C20H28N2O2S. The normalized spacial score (nSPS) is 11.9. The summed E-state index contributed by atoms with van der Waals surface area (Å²) >= 11 is 0. The lowest BCUT2D eigenvalue weighted by atomic mass is 10.0. The quantitative estimate of drug-likeness (QED) is 0.782. The van der Waals surface area contributed by atoms with Crippen molar-refractivity contribution in [1.82, 2.24) is 9.62 Å². The molecule has 4 nitrogen and oxygen atoms in total. The largest absolute Gasteiger partial charge is 0.309 e. The fourth-order valence-corrected chi connectivity index (χ4v) is 4.29. The van der Waals surface area contributed by atoms with Gasteiger partial charge in [-0.25, -0.2) is 8.42 Å². The number of hydrogen-bond acceptors (Lipinski definition) is 3. The molecule has 2 aromatic rings. The molecule has 136 valence electrons. The number of hydrogen-bond donors (Lipinski definition) is 1. The third-order valence-corrected chi connectivity index (χ3v) is 6.69. The van der Waals surface area contributed by atoms with Crippen molar-refractivity contribution in [3.63, 3.8) is 0 Å². The Bertz CT molecular complexity index is 795. The van der Waals surface area contributed by atoms with Crippen molar-refractivity contribution >= 4 is 10.0 Å². The molecule has 0 heterocycles. The third kappa shape index (κ3) is 4.69. The Balaban J connectivity index is 2.00. The van der Waals surface area contributed by atoms with Gasteiger partial charge in [0.25, 0.3) is 0 Å². The van der Waals surface area contributed by atoms with Crippen molar-refractivity contribution < 1.29 is 8.42 Å².